The average Bonchev–Trinajstić information content (AvgIpc) is 2.39. The van der Waals surface area contributed by atoms with Crippen LogP contribution >= 0.6 is 0 Å². The van der Waals surface area contributed by atoms with Crippen molar-refractivity contribution in [3.8, 4) is 0 Å². The number of nitrogens with zero attached hydrogens (tertiary/aromatic N) is 3. The molecule has 1 saturated heterocycles. The molecule has 6 nitrogen and oxygen atoms in total. The third kappa shape index (κ3) is 2.71. The second kappa shape index (κ2) is 5.09. The van der Waals surface area contributed by atoms with Crippen LogP contribution in [0.5, 0.6) is 0 Å². The molecule has 0 aromatic carbocycles. The van der Waals surface area contributed by atoms with Gasteiger partial charge in [-0.2, -0.15) is 0 Å². The predicted octanol–water partition coefficient (Wildman–Crippen LogP) is 1.16. The lowest BCUT2D eigenvalue weighted by Gasteiger charge is -2.32. The van der Waals surface area contributed by atoms with Gasteiger partial charge >= 0.3 is 5.82 Å². The van der Waals surface area contributed by atoms with Gasteiger partial charge in [-0.3, -0.25) is 0 Å². The zero-order valence-corrected chi connectivity index (χ0v) is 9.58. The van der Waals surface area contributed by atoms with Gasteiger partial charge in [-0.1, -0.05) is 0 Å². The molecule has 1 fully saturated rings. The highest BCUT2D eigenvalue weighted by Gasteiger charge is 2.19. The van der Waals surface area contributed by atoms with E-state index in [2.05, 4.69) is 9.88 Å². The zero-order valence-electron chi connectivity index (χ0n) is 9.58. The lowest BCUT2D eigenvalue weighted by molar-refractivity contribution is -0.389. The van der Waals surface area contributed by atoms with E-state index in [4.69, 9.17) is 5.73 Å². The molecule has 0 saturated carbocycles. The molecule has 0 radical (unpaired) electrons. The number of hydrogen-bond acceptors (Lipinski definition) is 5. The molecular formula is C11H16N4O2. The fourth-order valence-electron chi connectivity index (χ4n) is 2.10. The van der Waals surface area contributed by atoms with Gasteiger partial charge in [0.2, 0.25) is 0 Å². The van der Waals surface area contributed by atoms with Crippen molar-refractivity contribution in [2.24, 2.45) is 11.7 Å². The molecule has 1 aromatic rings. The van der Waals surface area contributed by atoms with Crippen LogP contribution in [0.15, 0.2) is 18.3 Å². The second-order valence-electron chi connectivity index (χ2n) is 4.30. The highest BCUT2D eigenvalue weighted by atomic mass is 16.6. The number of nitrogens with two attached hydrogens (primary N) is 1. The molecule has 0 spiro atoms. The van der Waals surface area contributed by atoms with Gasteiger partial charge in [0.1, 0.15) is 0 Å². The van der Waals surface area contributed by atoms with Crippen molar-refractivity contribution < 1.29 is 4.92 Å². The minimum absolute atomic E-state index is 0.106. The fourth-order valence-corrected chi connectivity index (χ4v) is 2.10. The minimum atomic E-state index is -0.482. The van der Waals surface area contributed by atoms with E-state index in [1.54, 1.807) is 12.3 Å². The summed E-state index contributed by atoms with van der Waals surface area (Å²) in [7, 11) is 0. The standard InChI is InChI=1S/C11H16N4O2/c12-7-9-3-5-14(6-4-9)10-1-2-11(13-8-10)15(16)17/h1-2,8-9H,3-7,12H2. The van der Waals surface area contributed by atoms with Gasteiger partial charge in [-0.05, 0) is 41.3 Å². The van der Waals surface area contributed by atoms with E-state index >= 15 is 0 Å². The molecule has 0 atom stereocenters. The molecule has 1 aliphatic heterocycles. The predicted molar refractivity (Wildman–Crippen MR) is 64.9 cm³/mol. The van der Waals surface area contributed by atoms with Crippen molar-refractivity contribution in [3.63, 3.8) is 0 Å². The molecular weight excluding hydrogens is 220 g/mol. The molecule has 92 valence electrons. The van der Waals surface area contributed by atoms with Crippen LogP contribution in [-0.4, -0.2) is 29.5 Å². The summed E-state index contributed by atoms with van der Waals surface area (Å²) in [5.74, 6) is 0.503. The first kappa shape index (κ1) is 11.8. The molecule has 1 aliphatic rings. The molecule has 2 N–H and O–H groups in total. The Labute approximate surface area is 99.6 Å². The van der Waals surface area contributed by atoms with Crippen LogP contribution < -0.4 is 10.6 Å². The van der Waals surface area contributed by atoms with Crippen molar-refractivity contribution in [2.45, 2.75) is 12.8 Å². The zero-order chi connectivity index (χ0) is 12.3. The molecule has 6 heteroatoms. The van der Waals surface area contributed by atoms with Crippen molar-refractivity contribution in [3.05, 3.63) is 28.4 Å². The Morgan fingerprint density at radius 1 is 1.47 bits per heavy atom. The molecule has 0 bridgehead atoms. The summed E-state index contributed by atoms with van der Waals surface area (Å²) in [6.45, 7) is 2.63. The quantitative estimate of drug-likeness (QED) is 0.628. The number of anilines is 1. The number of aromatic nitrogens is 1. The lowest BCUT2D eigenvalue weighted by Crippen LogP contribution is -2.36. The van der Waals surface area contributed by atoms with E-state index in [9.17, 15) is 10.1 Å². The van der Waals surface area contributed by atoms with Crippen LogP contribution in [0.25, 0.3) is 0 Å². The van der Waals surface area contributed by atoms with Crippen LogP contribution in [0.1, 0.15) is 12.8 Å². The second-order valence-corrected chi connectivity index (χ2v) is 4.30. The Balaban J connectivity index is 2.01. The molecule has 2 rings (SSSR count). The molecule has 0 unspecified atom stereocenters. The van der Waals surface area contributed by atoms with Crippen molar-refractivity contribution >= 4 is 11.5 Å². The van der Waals surface area contributed by atoms with Crippen molar-refractivity contribution in [2.75, 3.05) is 24.5 Å². The molecule has 2 heterocycles. The number of hydrogen-bond donors (Lipinski definition) is 1. The maximum Gasteiger partial charge on any atom is 0.363 e. The minimum Gasteiger partial charge on any atom is -0.368 e. The summed E-state index contributed by atoms with van der Waals surface area (Å²) in [5, 5.41) is 10.5. The summed E-state index contributed by atoms with van der Waals surface area (Å²) in [6, 6.07) is 3.21. The van der Waals surface area contributed by atoms with E-state index in [0.29, 0.717) is 5.92 Å². The van der Waals surface area contributed by atoms with Crippen LogP contribution in [0.4, 0.5) is 11.5 Å². The monoisotopic (exact) mass is 236 g/mol. The lowest BCUT2D eigenvalue weighted by atomic mass is 9.97. The summed E-state index contributed by atoms with van der Waals surface area (Å²) in [5.41, 5.74) is 6.58. The third-order valence-corrected chi connectivity index (χ3v) is 3.23. The van der Waals surface area contributed by atoms with Gasteiger partial charge < -0.3 is 20.7 Å². The number of piperidine rings is 1. The fraction of sp³-hybridized carbons (Fsp3) is 0.545. The summed E-state index contributed by atoms with van der Waals surface area (Å²) in [6.07, 6.45) is 3.72. The van der Waals surface area contributed by atoms with Gasteiger partial charge in [0.25, 0.3) is 0 Å². The Morgan fingerprint density at radius 2 is 2.18 bits per heavy atom. The van der Waals surface area contributed by atoms with Gasteiger partial charge in [-0.15, -0.1) is 0 Å². The van der Waals surface area contributed by atoms with Gasteiger partial charge in [0.15, 0.2) is 6.20 Å². The third-order valence-electron chi connectivity index (χ3n) is 3.23. The number of rotatable bonds is 3. The number of pyridine rings is 1. The van der Waals surface area contributed by atoms with E-state index in [1.165, 1.54) is 6.07 Å². The van der Waals surface area contributed by atoms with Gasteiger partial charge in [0, 0.05) is 19.2 Å². The summed E-state index contributed by atoms with van der Waals surface area (Å²) < 4.78 is 0. The first-order valence-corrected chi connectivity index (χ1v) is 5.76. The smallest absolute Gasteiger partial charge is 0.363 e. The Hall–Kier alpha value is -1.69. The Morgan fingerprint density at radius 3 is 2.65 bits per heavy atom. The maximum atomic E-state index is 10.5. The first-order chi connectivity index (χ1) is 8.20. The van der Waals surface area contributed by atoms with E-state index in [-0.39, 0.29) is 5.82 Å². The van der Waals surface area contributed by atoms with Crippen LogP contribution in [-0.2, 0) is 0 Å². The highest BCUT2D eigenvalue weighted by Crippen LogP contribution is 2.23. The van der Waals surface area contributed by atoms with Gasteiger partial charge in [0.05, 0.1) is 5.69 Å². The highest BCUT2D eigenvalue weighted by molar-refractivity contribution is 5.46. The van der Waals surface area contributed by atoms with Crippen LogP contribution in [0.3, 0.4) is 0 Å². The Bertz CT molecular complexity index is 385. The average molecular weight is 236 g/mol. The number of nitro groups is 1. The summed E-state index contributed by atoms with van der Waals surface area (Å²) >= 11 is 0. The van der Waals surface area contributed by atoms with Crippen molar-refractivity contribution in [1.29, 1.82) is 0 Å². The van der Waals surface area contributed by atoms with Crippen LogP contribution in [0, 0.1) is 16.0 Å². The van der Waals surface area contributed by atoms with E-state index in [1.807, 2.05) is 0 Å². The SMILES string of the molecule is NCC1CCN(c2ccc([N+](=O)[O-])nc2)CC1. The molecule has 17 heavy (non-hydrogen) atoms. The van der Waals surface area contributed by atoms with Crippen molar-refractivity contribution in [1.82, 2.24) is 4.98 Å². The van der Waals surface area contributed by atoms with Gasteiger partial charge in [-0.25, -0.2) is 0 Å². The van der Waals surface area contributed by atoms with E-state index < -0.39 is 4.92 Å². The Kier molecular flexibility index (Phi) is 3.53. The maximum absolute atomic E-state index is 10.5. The van der Waals surface area contributed by atoms with Crippen LogP contribution in [0.2, 0.25) is 0 Å². The first-order valence-electron chi connectivity index (χ1n) is 5.76. The largest absolute Gasteiger partial charge is 0.368 e. The summed E-state index contributed by atoms with van der Waals surface area (Å²) in [4.78, 5) is 16.0. The van der Waals surface area contributed by atoms with E-state index in [0.717, 1.165) is 38.2 Å². The normalized spacial score (nSPS) is 17.1. The topological polar surface area (TPSA) is 85.3 Å². The molecule has 0 amide bonds. The molecule has 0 aliphatic carbocycles. The molecule has 1 aromatic heterocycles.